The lowest BCUT2D eigenvalue weighted by atomic mass is 9.94. The minimum absolute atomic E-state index is 0.0842. The number of fused-ring (bicyclic) bond motifs is 2. The summed E-state index contributed by atoms with van der Waals surface area (Å²) in [6.45, 7) is 0.516. The monoisotopic (exact) mass is 521 g/mol. The minimum atomic E-state index is -3.76. The molecule has 2 amide bonds. The fourth-order valence-corrected chi connectivity index (χ4v) is 8.23. The molecule has 6 rings (SSSR count). The number of benzene rings is 1. The largest absolute Gasteiger partial charge is 0.482 e. The van der Waals surface area contributed by atoms with E-state index in [1.807, 2.05) is 0 Å². The second-order valence-corrected chi connectivity index (χ2v) is 13.6. The summed E-state index contributed by atoms with van der Waals surface area (Å²) in [6.07, 6.45) is 1.92. The van der Waals surface area contributed by atoms with Crippen molar-refractivity contribution >= 4 is 37.4 Å². The van der Waals surface area contributed by atoms with Gasteiger partial charge in [-0.3, -0.25) is 14.7 Å². The van der Waals surface area contributed by atoms with Gasteiger partial charge < -0.3 is 15.4 Å². The van der Waals surface area contributed by atoms with Gasteiger partial charge in [-0.05, 0) is 42.9 Å². The van der Waals surface area contributed by atoms with Gasteiger partial charge in [0, 0.05) is 24.7 Å². The summed E-state index contributed by atoms with van der Waals surface area (Å²) in [7, 11) is -7.01. The van der Waals surface area contributed by atoms with Gasteiger partial charge in [0.2, 0.25) is 10.0 Å². The summed E-state index contributed by atoms with van der Waals surface area (Å²) in [5.74, 6) is -0.644. The number of carbonyl (C=O) groups is 2. The van der Waals surface area contributed by atoms with E-state index in [0.717, 1.165) is 6.42 Å². The van der Waals surface area contributed by atoms with E-state index in [9.17, 15) is 26.4 Å². The Balaban J connectivity index is 1.10. The van der Waals surface area contributed by atoms with E-state index in [1.165, 1.54) is 22.5 Å². The molecular weight excluding hydrogens is 498 g/mol. The van der Waals surface area contributed by atoms with Gasteiger partial charge in [0.15, 0.2) is 22.1 Å². The predicted molar refractivity (Wildman–Crippen MR) is 122 cm³/mol. The standard InChI is InChI=1S/C21H23N5O7S2/c27-18-9-33-16-2-1-12(7-14(16)22-18)35(31,32)26-5-3-21(4-6-26)8-17(21)23-20(28)19-13-10-34(29,30)11-15(13)24-25-19/h1-2,7,17H,3-6,8-11H2,(H,22,27)(H,23,28)(H,24,25). The Morgan fingerprint density at radius 3 is 2.77 bits per heavy atom. The zero-order chi connectivity index (χ0) is 24.6. The van der Waals surface area contributed by atoms with Gasteiger partial charge in [-0.25, -0.2) is 16.8 Å². The van der Waals surface area contributed by atoms with Crippen LogP contribution in [-0.2, 0) is 36.2 Å². The van der Waals surface area contributed by atoms with Crippen LogP contribution < -0.4 is 15.4 Å². The number of carbonyl (C=O) groups excluding carboxylic acids is 2. The molecule has 1 aliphatic carbocycles. The molecule has 1 aromatic carbocycles. The van der Waals surface area contributed by atoms with E-state index < -0.39 is 25.8 Å². The zero-order valence-electron chi connectivity index (χ0n) is 18.5. The highest BCUT2D eigenvalue weighted by Crippen LogP contribution is 2.54. The van der Waals surface area contributed by atoms with Crippen LogP contribution in [0.15, 0.2) is 23.1 Å². The molecule has 4 heterocycles. The number of sulfone groups is 1. The number of sulfonamides is 1. The molecule has 2 fully saturated rings. The quantitative estimate of drug-likeness (QED) is 0.511. The molecule has 1 saturated carbocycles. The lowest BCUT2D eigenvalue weighted by molar-refractivity contribution is -0.118. The average molecular weight is 522 g/mol. The van der Waals surface area contributed by atoms with Crippen molar-refractivity contribution in [3.63, 3.8) is 0 Å². The summed E-state index contributed by atoms with van der Waals surface area (Å²) in [5.41, 5.74) is 1.17. The summed E-state index contributed by atoms with van der Waals surface area (Å²) < 4.78 is 56.8. The Labute approximate surface area is 201 Å². The van der Waals surface area contributed by atoms with Gasteiger partial charge in [-0.2, -0.15) is 9.40 Å². The molecule has 12 nitrogen and oxygen atoms in total. The van der Waals surface area contributed by atoms with Gasteiger partial charge in [-0.1, -0.05) is 0 Å². The van der Waals surface area contributed by atoms with Gasteiger partial charge in [0.1, 0.15) is 5.75 Å². The lowest BCUT2D eigenvalue weighted by Gasteiger charge is -2.32. The maximum Gasteiger partial charge on any atom is 0.272 e. The second-order valence-electron chi connectivity index (χ2n) is 9.55. The van der Waals surface area contributed by atoms with Crippen LogP contribution in [0.3, 0.4) is 0 Å². The average Bonchev–Trinajstić information content (AvgIpc) is 3.13. The van der Waals surface area contributed by atoms with Crippen molar-refractivity contribution in [3.05, 3.63) is 35.2 Å². The Kier molecular flexibility index (Phi) is 4.83. The number of H-pyrrole nitrogens is 1. The molecule has 14 heteroatoms. The number of aromatic nitrogens is 2. The molecule has 4 aliphatic rings. The topological polar surface area (TPSA) is 168 Å². The molecule has 35 heavy (non-hydrogen) atoms. The van der Waals surface area contributed by atoms with Crippen LogP contribution in [0.5, 0.6) is 5.75 Å². The highest BCUT2D eigenvalue weighted by atomic mass is 32.2. The maximum absolute atomic E-state index is 13.2. The molecule has 1 aromatic heterocycles. The number of rotatable bonds is 4. The van der Waals surface area contributed by atoms with Crippen molar-refractivity contribution in [3.8, 4) is 5.75 Å². The van der Waals surface area contributed by atoms with E-state index in [2.05, 4.69) is 20.8 Å². The van der Waals surface area contributed by atoms with E-state index in [0.29, 0.717) is 48.6 Å². The molecule has 0 radical (unpaired) electrons. The number of nitrogens with zero attached hydrogens (tertiary/aromatic N) is 2. The summed E-state index contributed by atoms with van der Waals surface area (Å²) in [5, 5.41) is 12.2. The zero-order valence-corrected chi connectivity index (χ0v) is 20.2. The van der Waals surface area contributed by atoms with Crippen LogP contribution in [-0.4, -0.2) is 68.9 Å². The van der Waals surface area contributed by atoms with Crippen LogP contribution in [0.2, 0.25) is 0 Å². The summed E-state index contributed by atoms with van der Waals surface area (Å²) in [6, 6.07) is 4.31. The van der Waals surface area contributed by atoms with Crippen molar-refractivity contribution in [2.45, 2.75) is 41.7 Å². The molecule has 0 bridgehead atoms. The van der Waals surface area contributed by atoms with E-state index in [1.54, 1.807) is 0 Å². The second kappa shape index (κ2) is 7.51. The summed E-state index contributed by atoms with van der Waals surface area (Å²) in [4.78, 5) is 24.4. The summed E-state index contributed by atoms with van der Waals surface area (Å²) >= 11 is 0. The van der Waals surface area contributed by atoms with E-state index in [-0.39, 0.29) is 46.1 Å². The van der Waals surface area contributed by atoms with Crippen molar-refractivity contribution in [2.24, 2.45) is 5.41 Å². The Morgan fingerprint density at radius 1 is 1.23 bits per heavy atom. The van der Waals surface area contributed by atoms with Gasteiger partial charge in [0.25, 0.3) is 11.8 Å². The normalized spacial score (nSPS) is 24.2. The molecular formula is C21H23N5O7S2. The minimum Gasteiger partial charge on any atom is -0.482 e. The van der Waals surface area contributed by atoms with Crippen molar-refractivity contribution in [1.82, 2.24) is 19.8 Å². The van der Waals surface area contributed by atoms with E-state index >= 15 is 0 Å². The molecule has 1 saturated heterocycles. The number of aromatic amines is 1. The number of amides is 2. The third-order valence-corrected chi connectivity index (χ3v) is 10.7. The van der Waals surface area contributed by atoms with Gasteiger partial charge in [-0.15, -0.1) is 0 Å². The Hall–Kier alpha value is -2.97. The smallest absolute Gasteiger partial charge is 0.272 e. The number of piperidine rings is 1. The number of ether oxygens (including phenoxy) is 1. The fourth-order valence-electron chi connectivity index (χ4n) is 5.23. The van der Waals surface area contributed by atoms with Crippen LogP contribution in [0.1, 0.15) is 41.0 Å². The Bertz CT molecular complexity index is 1470. The molecule has 3 N–H and O–H groups in total. The maximum atomic E-state index is 13.2. The van der Waals surface area contributed by atoms with E-state index in [4.69, 9.17) is 4.74 Å². The number of nitrogens with one attached hydrogen (secondary N) is 3. The third kappa shape index (κ3) is 3.79. The van der Waals surface area contributed by atoms with Crippen molar-refractivity contribution in [2.75, 3.05) is 25.0 Å². The first kappa shape index (κ1) is 22.5. The first-order valence-corrected chi connectivity index (χ1v) is 14.5. The van der Waals surface area contributed by atoms with Crippen LogP contribution in [0.25, 0.3) is 0 Å². The van der Waals surface area contributed by atoms with Crippen LogP contribution in [0, 0.1) is 5.41 Å². The highest BCUT2D eigenvalue weighted by Gasteiger charge is 2.56. The lowest BCUT2D eigenvalue weighted by Crippen LogP contribution is -2.41. The molecule has 3 aliphatic heterocycles. The predicted octanol–water partition coefficient (Wildman–Crippen LogP) is 0.142. The molecule has 1 atom stereocenters. The molecule has 186 valence electrons. The third-order valence-electron chi connectivity index (χ3n) is 7.33. The number of hydrogen-bond acceptors (Lipinski definition) is 8. The van der Waals surface area contributed by atoms with Crippen molar-refractivity contribution in [1.29, 1.82) is 0 Å². The Morgan fingerprint density at radius 2 is 2.00 bits per heavy atom. The van der Waals surface area contributed by atoms with Gasteiger partial charge in [0.05, 0.1) is 27.8 Å². The molecule has 1 unspecified atom stereocenters. The first-order chi connectivity index (χ1) is 16.6. The van der Waals surface area contributed by atoms with Gasteiger partial charge >= 0.3 is 0 Å². The van der Waals surface area contributed by atoms with Crippen LogP contribution in [0.4, 0.5) is 5.69 Å². The number of hydrogen-bond donors (Lipinski definition) is 3. The molecule has 1 spiro atoms. The first-order valence-electron chi connectivity index (χ1n) is 11.2. The number of anilines is 1. The highest BCUT2D eigenvalue weighted by molar-refractivity contribution is 7.90. The SMILES string of the molecule is O=C1COc2ccc(S(=O)(=O)N3CCC4(CC3)CC4NC(=O)c3n[nH]c4c3CS(=O)(=O)C4)cc2N1. The van der Waals surface area contributed by atoms with Crippen molar-refractivity contribution < 1.29 is 31.2 Å². The van der Waals surface area contributed by atoms with Crippen LogP contribution >= 0.6 is 0 Å². The fraction of sp³-hybridized carbons (Fsp3) is 0.476. The molecule has 2 aromatic rings.